The lowest BCUT2D eigenvalue weighted by Crippen LogP contribution is -2.30. The molecule has 0 unspecified atom stereocenters. The van der Waals surface area contributed by atoms with E-state index in [1.54, 1.807) is 18.2 Å². The molecule has 0 radical (unpaired) electrons. The van der Waals surface area contributed by atoms with E-state index in [4.69, 9.17) is 10.5 Å². The molecular formula is C22H17FN2O2. The van der Waals surface area contributed by atoms with Crippen LogP contribution >= 0.6 is 0 Å². The zero-order chi connectivity index (χ0) is 19.0. The minimum absolute atomic E-state index is 0.0323. The van der Waals surface area contributed by atoms with Gasteiger partial charge in [0.2, 0.25) is 5.88 Å². The van der Waals surface area contributed by atoms with Crippen molar-refractivity contribution in [3.63, 3.8) is 0 Å². The fourth-order valence-electron chi connectivity index (χ4n) is 3.89. The van der Waals surface area contributed by atoms with Crippen molar-refractivity contribution in [2.45, 2.75) is 24.7 Å². The van der Waals surface area contributed by atoms with Gasteiger partial charge in [0.25, 0.3) is 0 Å². The number of hydrogen-bond acceptors (Lipinski definition) is 4. The summed E-state index contributed by atoms with van der Waals surface area (Å²) in [6.45, 7) is 0. The number of ketones is 1. The third kappa shape index (κ3) is 2.89. The molecule has 0 bridgehead atoms. The van der Waals surface area contributed by atoms with Crippen LogP contribution in [0.25, 0.3) is 0 Å². The molecule has 2 aromatic rings. The van der Waals surface area contributed by atoms with Gasteiger partial charge < -0.3 is 10.5 Å². The van der Waals surface area contributed by atoms with E-state index in [9.17, 15) is 14.4 Å². The first-order chi connectivity index (χ1) is 13.1. The largest absolute Gasteiger partial charge is 0.444 e. The number of nitriles is 1. The number of halogens is 1. The van der Waals surface area contributed by atoms with E-state index < -0.39 is 11.7 Å². The number of ether oxygens (including phenoxy) is 1. The quantitative estimate of drug-likeness (QED) is 0.877. The van der Waals surface area contributed by atoms with Gasteiger partial charge in [0.05, 0.1) is 5.92 Å². The van der Waals surface area contributed by atoms with Gasteiger partial charge in [-0.1, -0.05) is 48.5 Å². The number of carbonyl (C=O) groups is 1. The van der Waals surface area contributed by atoms with E-state index in [1.807, 2.05) is 36.4 Å². The lowest BCUT2D eigenvalue weighted by atomic mass is 9.73. The van der Waals surface area contributed by atoms with Gasteiger partial charge >= 0.3 is 0 Å². The average Bonchev–Trinajstić information content (AvgIpc) is 2.68. The monoisotopic (exact) mass is 360 g/mol. The van der Waals surface area contributed by atoms with Crippen LogP contribution in [0.5, 0.6) is 0 Å². The van der Waals surface area contributed by atoms with E-state index in [-0.39, 0.29) is 35.1 Å². The maximum absolute atomic E-state index is 14.5. The van der Waals surface area contributed by atoms with Gasteiger partial charge in [-0.25, -0.2) is 4.39 Å². The molecule has 2 aromatic carbocycles. The van der Waals surface area contributed by atoms with Crippen LogP contribution in [-0.4, -0.2) is 5.78 Å². The van der Waals surface area contributed by atoms with Crippen LogP contribution in [-0.2, 0) is 9.53 Å². The lowest BCUT2D eigenvalue weighted by molar-refractivity contribution is -0.117. The summed E-state index contributed by atoms with van der Waals surface area (Å²) in [7, 11) is 0. The molecule has 0 saturated carbocycles. The van der Waals surface area contributed by atoms with Crippen LogP contribution in [0.2, 0.25) is 0 Å². The molecule has 1 heterocycles. The van der Waals surface area contributed by atoms with Crippen LogP contribution in [0, 0.1) is 17.1 Å². The predicted octanol–water partition coefficient (Wildman–Crippen LogP) is 4.03. The molecule has 0 aromatic heterocycles. The number of nitrogens with two attached hydrogens (primary N) is 1. The maximum Gasteiger partial charge on any atom is 0.205 e. The Kier molecular flexibility index (Phi) is 4.25. The Hall–Kier alpha value is -3.39. The summed E-state index contributed by atoms with van der Waals surface area (Å²) in [5.41, 5.74) is 7.69. The summed E-state index contributed by atoms with van der Waals surface area (Å²) >= 11 is 0. The van der Waals surface area contributed by atoms with Gasteiger partial charge in [-0.3, -0.25) is 4.79 Å². The Balaban J connectivity index is 1.82. The van der Waals surface area contributed by atoms with Crippen LogP contribution < -0.4 is 5.73 Å². The fourth-order valence-corrected chi connectivity index (χ4v) is 3.89. The Morgan fingerprint density at radius 2 is 1.78 bits per heavy atom. The molecule has 1 aliphatic carbocycles. The highest BCUT2D eigenvalue weighted by Crippen LogP contribution is 2.47. The number of allylic oxidation sites excluding steroid dienone is 3. The number of carbonyl (C=O) groups excluding carboxylic acids is 1. The Morgan fingerprint density at radius 1 is 1.07 bits per heavy atom. The molecule has 0 fully saturated rings. The van der Waals surface area contributed by atoms with Gasteiger partial charge in [-0.05, 0) is 17.5 Å². The first kappa shape index (κ1) is 17.0. The van der Waals surface area contributed by atoms with Gasteiger partial charge in [0.1, 0.15) is 23.2 Å². The number of hydrogen-bond donors (Lipinski definition) is 1. The molecule has 5 heteroatoms. The summed E-state index contributed by atoms with van der Waals surface area (Å²) in [4.78, 5) is 13.0. The van der Waals surface area contributed by atoms with E-state index in [0.717, 1.165) is 5.56 Å². The molecule has 0 saturated heterocycles. The highest BCUT2D eigenvalue weighted by atomic mass is 19.1. The maximum atomic E-state index is 14.5. The molecule has 0 amide bonds. The fraction of sp³-hybridized carbons (Fsp3) is 0.182. The first-order valence-corrected chi connectivity index (χ1v) is 8.73. The van der Waals surface area contributed by atoms with Crippen molar-refractivity contribution >= 4 is 5.78 Å². The predicted molar refractivity (Wildman–Crippen MR) is 97.5 cm³/mol. The van der Waals surface area contributed by atoms with Gasteiger partial charge in [-0.15, -0.1) is 0 Å². The second-order valence-electron chi connectivity index (χ2n) is 6.72. The van der Waals surface area contributed by atoms with Crippen molar-refractivity contribution in [1.82, 2.24) is 0 Å². The minimum atomic E-state index is -0.829. The zero-order valence-corrected chi connectivity index (χ0v) is 14.5. The summed E-state index contributed by atoms with van der Waals surface area (Å²) < 4.78 is 20.2. The molecule has 2 atom stereocenters. The standard InChI is InChI=1S/C22H17FN2O2/c23-17-9-5-4-8-15(17)20-16(12-24)22(25)27-19-11-14(10-18(26)21(19)20)13-6-2-1-3-7-13/h1-9,14,20H,10-11,25H2/t14-,20+/m0/s1. The van der Waals surface area contributed by atoms with Crippen LogP contribution in [0.4, 0.5) is 4.39 Å². The van der Waals surface area contributed by atoms with Crippen molar-refractivity contribution in [2.75, 3.05) is 0 Å². The van der Waals surface area contributed by atoms with E-state index in [0.29, 0.717) is 17.8 Å². The topological polar surface area (TPSA) is 76.1 Å². The summed E-state index contributed by atoms with van der Waals surface area (Å²) in [5, 5.41) is 9.57. The van der Waals surface area contributed by atoms with Gasteiger partial charge in [0.15, 0.2) is 5.78 Å². The Morgan fingerprint density at radius 3 is 2.48 bits per heavy atom. The van der Waals surface area contributed by atoms with E-state index in [2.05, 4.69) is 0 Å². The number of rotatable bonds is 2. The van der Waals surface area contributed by atoms with Crippen LogP contribution in [0.1, 0.15) is 35.8 Å². The SMILES string of the molecule is N#CC1=C(N)OC2=C(C(=O)C[C@H](c3ccccc3)C2)[C@@H]1c1ccccc1F. The van der Waals surface area contributed by atoms with Crippen LogP contribution in [0.3, 0.4) is 0 Å². The number of nitrogens with zero attached hydrogens (tertiary/aromatic N) is 1. The lowest BCUT2D eigenvalue weighted by Gasteiger charge is -2.34. The van der Waals surface area contributed by atoms with Gasteiger partial charge in [0, 0.05) is 24.0 Å². The van der Waals surface area contributed by atoms with E-state index >= 15 is 0 Å². The Bertz CT molecular complexity index is 1020. The number of Topliss-reactive ketones (excluding diaryl/α,β-unsaturated/α-hetero) is 1. The second kappa shape index (κ2) is 6.73. The molecular weight excluding hydrogens is 343 g/mol. The van der Waals surface area contributed by atoms with Crippen molar-refractivity contribution in [1.29, 1.82) is 5.26 Å². The third-order valence-corrected chi connectivity index (χ3v) is 5.15. The minimum Gasteiger partial charge on any atom is -0.444 e. The first-order valence-electron chi connectivity index (χ1n) is 8.73. The smallest absolute Gasteiger partial charge is 0.205 e. The normalized spacial score (nSPS) is 22.1. The molecule has 4 nitrogen and oxygen atoms in total. The van der Waals surface area contributed by atoms with Crippen molar-refractivity contribution < 1.29 is 13.9 Å². The van der Waals surface area contributed by atoms with Gasteiger partial charge in [-0.2, -0.15) is 5.26 Å². The third-order valence-electron chi connectivity index (χ3n) is 5.15. The van der Waals surface area contributed by atoms with E-state index in [1.165, 1.54) is 6.07 Å². The van der Waals surface area contributed by atoms with Crippen molar-refractivity contribution in [2.24, 2.45) is 5.73 Å². The highest BCUT2D eigenvalue weighted by Gasteiger charge is 2.41. The molecule has 1 aliphatic heterocycles. The molecule has 2 N–H and O–H groups in total. The second-order valence-corrected chi connectivity index (χ2v) is 6.72. The Labute approximate surface area is 156 Å². The molecule has 134 valence electrons. The zero-order valence-electron chi connectivity index (χ0n) is 14.5. The highest BCUT2D eigenvalue weighted by molar-refractivity contribution is 6.00. The summed E-state index contributed by atoms with van der Waals surface area (Å²) in [5.74, 6) is -1.11. The molecule has 0 spiro atoms. The van der Waals surface area contributed by atoms with Crippen LogP contribution in [0.15, 0.2) is 77.4 Å². The van der Waals surface area contributed by atoms with Crippen molar-refractivity contribution in [3.8, 4) is 6.07 Å². The molecule has 2 aliphatic rings. The summed E-state index contributed by atoms with van der Waals surface area (Å²) in [6.07, 6.45) is 0.769. The van der Waals surface area contributed by atoms with Crippen molar-refractivity contribution in [3.05, 3.63) is 94.3 Å². The average molecular weight is 360 g/mol. The molecule has 27 heavy (non-hydrogen) atoms. The number of benzene rings is 2. The summed E-state index contributed by atoms with van der Waals surface area (Å²) in [6, 6.07) is 17.9. The molecule has 4 rings (SSSR count).